The maximum atomic E-state index is 9.24. The van der Waals surface area contributed by atoms with Crippen molar-refractivity contribution in [3.8, 4) is 6.07 Å². The average Bonchev–Trinajstić information content (AvgIpc) is 2.26. The van der Waals surface area contributed by atoms with Gasteiger partial charge in [0.25, 0.3) is 0 Å². The molecule has 0 aromatic heterocycles. The van der Waals surface area contributed by atoms with Crippen molar-refractivity contribution in [3.63, 3.8) is 0 Å². The molecule has 0 saturated carbocycles. The molecule has 3 unspecified atom stereocenters. The number of hydrogen-bond acceptors (Lipinski definition) is 4. The van der Waals surface area contributed by atoms with Crippen LogP contribution in [0.1, 0.15) is 47.0 Å². The molecule has 0 heterocycles. The Morgan fingerprint density at radius 3 is 2.53 bits per heavy atom. The Bertz CT molecular complexity index is 242. The summed E-state index contributed by atoms with van der Waals surface area (Å²) < 4.78 is 0. The van der Waals surface area contributed by atoms with Gasteiger partial charge in [0, 0.05) is 17.1 Å². The van der Waals surface area contributed by atoms with E-state index < -0.39 is 5.54 Å². The van der Waals surface area contributed by atoms with E-state index in [0.29, 0.717) is 10.5 Å². The average molecular weight is 258 g/mol. The number of rotatable bonds is 9. The smallest absolute Gasteiger partial charge is 0.104 e. The molecule has 0 radical (unpaired) electrons. The van der Waals surface area contributed by atoms with Crippen molar-refractivity contribution in [1.29, 1.82) is 5.26 Å². The second-order valence-corrected chi connectivity index (χ2v) is 6.73. The Labute approximate surface area is 110 Å². The maximum Gasteiger partial charge on any atom is 0.104 e. The third kappa shape index (κ3) is 7.64. The number of nitrogens with one attached hydrogen (secondary N) is 1. The van der Waals surface area contributed by atoms with Crippen molar-refractivity contribution in [3.05, 3.63) is 0 Å². The molecule has 4 heteroatoms. The highest BCUT2D eigenvalue weighted by molar-refractivity contribution is 8.00. The first-order chi connectivity index (χ1) is 7.97. The summed E-state index contributed by atoms with van der Waals surface area (Å²) in [6.07, 6.45) is 2.70. The second-order valence-electron chi connectivity index (χ2n) is 4.84. The molecule has 0 aromatic carbocycles. The molecule has 0 spiro atoms. The Hall–Kier alpha value is -0.240. The molecule has 0 aliphatic heterocycles. The maximum absolute atomic E-state index is 9.24. The monoisotopic (exact) mass is 258 g/mol. The minimum absolute atomic E-state index is 0.241. The normalized spacial score (nSPS) is 18.1. The van der Waals surface area contributed by atoms with Crippen molar-refractivity contribution < 1.29 is 5.11 Å². The summed E-state index contributed by atoms with van der Waals surface area (Å²) in [5.41, 5.74) is -0.429. The fourth-order valence-corrected chi connectivity index (χ4v) is 3.29. The molecule has 0 amide bonds. The number of hydrogen-bond donors (Lipinski definition) is 2. The molecule has 100 valence electrons. The van der Waals surface area contributed by atoms with Crippen LogP contribution in [-0.2, 0) is 0 Å². The summed E-state index contributed by atoms with van der Waals surface area (Å²) in [5.74, 6) is 0. The van der Waals surface area contributed by atoms with E-state index in [9.17, 15) is 5.26 Å². The molecule has 0 aliphatic carbocycles. The summed E-state index contributed by atoms with van der Waals surface area (Å²) in [6.45, 7) is 9.48. The van der Waals surface area contributed by atoms with Gasteiger partial charge in [0.05, 0.1) is 6.07 Å². The molecule has 0 fully saturated rings. The lowest BCUT2D eigenvalue weighted by molar-refractivity contribution is 0.288. The summed E-state index contributed by atoms with van der Waals surface area (Å²) in [5, 5.41) is 22.3. The SMILES string of the molecule is CCCNC(C)(C#N)CC(C)SC(C)CCO. The molecule has 3 atom stereocenters. The largest absolute Gasteiger partial charge is 0.396 e. The summed E-state index contributed by atoms with van der Waals surface area (Å²) in [6, 6.07) is 2.38. The number of nitrogens with zero attached hydrogens (tertiary/aromatic N) is 1. The Morgan fingerprint density at radius 2 is 2.06 bits per heavy atom. The lowest BCUT2D eigenvalue weighted by atomic mass is 9.98. The van der Waals surface area contributed by atoms with Crippen LogP contribution in [0.5, 0.6) is 0 Å². The Balaban J connectivity index is 4.14. The molecular weight excluding hydrogens is 232 g/mol. The van der Waals surface area contributed by atoms with E-state index in [4.69, 9.17) is 5.11 Å². The van der Waals surface area contributed by atoms with E-state index in [1.807, 2.05) is 18.7 Å². The number of aliphatic hydroxyl groups excluding tert-OH is 1. The van der Waals surface area contributed by atoms with Gasteiger partial charge in [0.2, 0.25) is 0 Å². The quantitative estimate of drug-likeness (QED) is 0.667. The van der Waals surface area contributed by atoms with Crippen LogP contribution in [0.15, 0.2) is 0 Å². The lowest BCUT2D eigenvalue weighted by Gasteiger charge is -2.27. The van der Waals surface area contributed by atoms with Gasteiger partial charge in [-0.15, -0.1) is 0 Å². The highest BCUT2D eigenvalue weighted by atomic mass is 32.2. The van der Waals surface area contributed by atoms with Gasteiger partial charge in [-0.25, -0.2) is 0 Å². The van der Waals surface area contributed by atoms with Crippen molar-refractivity contribution in [2.45, 2.75) is 63.0 Å². The number of thioether (sulfide) groups is 1. The van der Waals surface area contributed by atoms with Gasteiger partial charge in [-0.05, 0) is 32.7 Å². The predicted molar refractivity (Wildman–Crippen MR) is 75.1 cm³/mol. The van der Waals surface area contributed by atoms with Gasteiger partial charge >= 0.3 is 0 Å². The third-order valence-electron chi connectivity index (χ3n) is 2.71. The van der Waals surface area contributed by atoms with Gasteiger partial charge in [-0.1, -0.05) is 20.8 Å². The first-order valence-electron chi connectivity index (χ1n) is 6.40. The molecule has 0 aromatic rings. The van der Waals surface area contributed by atoms with Crippen molar-refractivity contribution >= 4 is 11.8 Å². The highest BCUT2D eigenvalue weighted by Crippen LogP contribution is 2.26. The van der Waals surface area contributed by atoms with Crippen LogP contribution >= 0.6 is 11.8 Å². The van der Waals surface area contributed by atoms with E-state index in [-0.39, 0.29) is 6.61 Å². The van der Waals surface area contributed by atoms with Crippen molar-refractivity contribution in [1.82, 2.24) is 5.32 Å². The topological polar surface area (TPSA) is 56.0 Å². The second kappa shape index (κ2) is 8.79. The minimum Gasteiger partial charge on any atom is -0.396 e. The van der Waals surface area contributed by atoms with E-state index in [0.717, 1.165) is 25.8 Å². The lowest BCUT2D eigenvalue weighted by Crippen LogP contribution is -2.43. The van der Waals surface area contributed by atoms with Gasteiger partial charge in [-0.3, -0.25) is 5.32 Å². The summed E-state index contributed by atoms with van der Waals surface area (Å²) >= 11 is 1.85. The predicted octanol–water partition coefficient (Wildman–Crippen LogP) is 2.55. The number of nitriles is 1. The zero-order valence-electron chi connectivity index (χ0n) is 11.5. The molecule has 3 nitrogen and oxygen atoms in total. The highest BCUT2D eigenvalue weighted by Gasteiger charge is 2.26. The fourth-order valence-electron chi connectivity index (χ4n) is 1.83. The van der Waals surface area contributed by atoms with Crippen LogP contribution < -0.4 is 5.32 Å². The van der Waals surface area contributed by atoms with Crippen LogP contribution in [0.3, 0.4) is 0 Å². The third-order valence-corrected chi connectivity index (χ3v) is 4.04. The van der Waals surface area contributed by atoms with Crippen LogP contribution in [0.4, 0.5) is 0 Å². The van der Waals surface area contributed by atoms with Crippen molar-refractivity contribution in [2.24, 2.45) is 0 Å². The van der Waals surface area contributed by atoms with Gasteiger partial charge in [-0.2, -0.15) is 17.0 Å². The van der Waals surface area contributed by atoms with Crippen LogP contribution in [0.25, 0.3) is 0 Å². The molecular formula is C13H26N2OS. The molecule has 17 heavy (non-hydrogen) atoms. The van der Waals surface area contributed by atoms with Crippen LogP contribution in [0, 0.1) is 11.3 Å². The van der Waals surface area contributed by atoms with Crippen molar-refractivity contribution in [2.75, 3.05) is 13.2 Å². The molecule has 0 aliphatic rings. The van der Waals surface area contributed by atoms with E-state index >= 15 is 0 Å². The van der Waals surface area contributed by atoms with Gasteiger partial charge < -0.3 is 5.11 Å². The summed E-state index contributed by atoms with van der Waals surface area (Å²) in [4.78, 5) is 0. The number of aliphatic hydroxyl groups is 1. The van der Waals surface area contributed by atoms with Crippen LogP contribution in [-0.4, -0.2) is 34.3 Å². The first-order valence-corrected chi connectivity index (χ1v) is 7.34. The van der Waals surface area contributed by atoms with Crippen LogP contribution in [0.2, 0.25) is 0 Å². The van der Waals surface area contributed by atoms with Gasteiger partial charge in [0.15, 0.2) is 0 Å². The zero-order chi connectivity index (χ0) is 13.3. The van der Waals surface area contributed by atoms with Gasteiger partial charge in [0.1, 0.15) is 5.54 Å². The standard InChI is InChI=1S/C13H26N2OS/c1-5-7-15-13(4,10-14)9-12(3)17-11(2)6-8-16/h11-12,15-16H,5-9H2,1-4H3. The van der Waals surface area contributed by atoms with E-state index in [2.05, 4.69) is 32.2 Å². The van der Waals surface area contributed by atoms with E-state index in [1.54, 1.807) is 0 Å². The molecule has 0 rings (SSSR count). The minimum atomic E-state index is -0.429. The molecule has 0 saturated heterocycles. The summed E-state index contributed by atoms with van der Waals surface area (Å²) in [7, 11) is 0. The van der Waals surface area contributed by atoms with E-state index in [1.165, 1.54) is 0 Å². The first kappa shape index (κ1) is 16.8. The Morgan fingerprint density at radius 1 is 1.41 bits per heavy atom. The molecule has 2 N–H and O–H groups in total. The molecule has 0 bridgehead atoms. The fraction of sp³-hybridized carbons (Fsp3) is 0.923. The Kier molecular flexibility index (Phi) is 8.67. The zero-order valence-corrected chi connectivity index (χ0v) is 12.3.